The van der Waals surface area contributed by atoms with E-state index in [9.17, 15) is 0 Å². The molecule has 2 aromatic rings. The van der Waals surface area contributed by atoms with Crippen molar-refractivity contribution in [1.82, 2.24) is 20.2 Å². The maximum absolute atomic E-state index is 5.57. The Kier molecular flexibility index (Phi) is 5.18. The molecule has 2 aromatic heterocycles. The Bertz CT molecular complexity index is 788. The molecule has 1 unspecified atom stereocenters. The predicted molar refractivity (Wildman–Crippen MR) is 107 cm³/mol. The van der Waals surface area contributed by atoms with Crippen molar-refractivity contribution in [1.29, 1.82) is 0 Å². The van der Waals surface area contributed by atoms with E-state index in [4.69, 9.17) is 14.1 Å². The molecule has 1 N–H and O–H groups in total. The minimum absolute atomic E-state index is 0.503. The highest BCUT2D eigenvalue weighted by Crippen LogP contribution is 2.41. The van der Waals surface area contributed by atoms with E-state index in [-0.39, 0.29) is 0 Å². The first-order valence-electron chi connectivity index (χ1n) is 10.7. The molecule has 4 atom stereocenters. The van der Waals surface area contributed by atoms with Crippen LogP contribution in [0.2, 0.25) is 0 Å². The van der Waals surface area contributed by atoms with Crippen molar-refractivity contribution in [3.63, 3.8) is 0 Å². The number of aryl methyl sites for hydroxylation is 1. The molecule has 6 rings (SSSR count). The zero-order valence-corrected chi connectivity index (χ0v) is 16.6. The van der Waals surface area contributed by atoms with Gasteiger partial charge in [-0.3, -0.25) is 4.90 Å². The molecule has 4 saturated heterocycles. The van der Waals surface area contributed by atoms with Crippen LogP contribution in [0.15, 0.2) is 28.9 Å². The van der Waals surface area contributed by atoms with Crippen molar-refractivity contribution in [2.75, 3.05) is 32.8 Å². The third-order valence-corrected chi connectivity index (χ3v) is 6.75. The van der Waals surface area contributed by atoms with Crippen LogP contribution in [-0.2, 0) is 4.74 Å². The zero-order chi connectivity index (χ0) is 18.9. The monoisotopic (exact) mass is 382 g/mol. The molecule has 0 radical (unpaired) electrons. The first-order chi connectivity index (χ1) is 13.8. The van der Waals surface area contributed by atoms with Crippen LogP contribution in [0.5, 0.6) is 0 Å². The molecule has 6 heterocycles. The SMILES string of the molecule is Cc1nc(-c2ccco2)cc([C@H]2CN3CC[C@H]2C[C@@H]3CNC2CCOCC2)n1. The fourth-order valence-electron chi connectivity index (χ4n) is 5.22. The number of rotatable bonds is 5. The summed E-state index contributed by atoms with van der Waals surface area (Å²) in [6, 6.07) is 7.32. The minimum Gasteiger partial charge on any atom is -0.463 e. The standard InChI is InChI=1S/C22H30N4O2/c1-15-24-20(12-21(25-15)22-3-2-8-28-22)19-14-26-7-4-16(19)11-18(26)13-23-17-5-9-27-10-6-17/h2-3,8,12,16-19,23H,4-7,9-11,13-14H2,1H3/t16-,18+,19-/m0/s1. The van der Waals surface area contributed by atoms with Crippen LogP contribution in [0.3, 0.4) is 0 Å². The predicted octanol–water partition coefficient (Wildman–Crippen LogP) is 2.99. The Labute approximate surface area is 166 Å². The number of ether oxygens (including phenoxy) is 1. The number of nitrogens with zero attached hydrogens (tertiary/aromatic N) is 3. The maximum atomic E-state index is 5.57. The molecular formula is C22H30N4O2. The molecule has 0 amide bonds. The average Bonchev–Trinajstić information content (AvgIpc) is 3.28. The summed E-state index contributed by atoms with van der Waals surface area (Å²) >= 11 is 0. The van der Waals surface area contributed by atoms with Crippen molar-refractivity contribution in [3.05, 3.63) is 36.0 Å². The highest BCUT2D eigenvalue weighted by Gasteiger charge is 2.41. The van der Waals surface area contributed by atoms with Crippen LogP contribution in [0, 0.1) is 12.8 Å². The Hall–Kier alpha value is -1.76. The van der Waals surface area contributed by atoms with Gasteiger partial charge in [0.1, 0.15) is 11.5 Å². The van der Waals surface area contributed by atoms with E-state index in [1.54, 1.807) is 6.26 Å². The minimum atomic E-state index is 0.503. The summed E-state index contributed by atoms with van der Waals surface area (Å²) in [5, 5.41) is 3.81. The summed E-state index contributed by atoms with van der Waals surface area (Å²) < 4.78 is 11.0. The number of nitrogens with one attached hydrogen (secondary N) is 1. The fourth-order valence-corrected chi connectivity index (χ4v) is 5.22. The normalized spacial score (nSPS) is 30.6. The first kappa shape index (κ1) is 18.3. The molecule has 2 bridgehead atoms. The van der Waals surface area contributed by atoms with Crippen LogP contribution in [0.4, 0.5) is 0 Å². The van der Waals surface area contributed by atoms with E-state index in [0.29, 0.717) is 23.9 Å². The van der Waals surface area contributed by atoms with Gasteiger partial charge in [-0.1, -0.05) is 0 Å². The Morgan fingerprint density at radius 3 is 2.86 bits per heavy atom. The van der Waals surface area contributed by atoms with Crippen LogP contribution >= 0.6 is 0 Å². The first-order valence-corrected chi connectivity index (χ1v) is 10.7. The van der Waals surface area contributed by atoms with Crippen LogP contribution < -0.4 is 5.32 Å². The molecule has 6 nitrogen and oxygen atoms in total. The number of furan rings is 1. The molecule has 0 aliphatic carbocycles. The Morgan fingerprint density at radius 2 is 2.11 bits per heavy atom. The van der Waals surface area contributed by atoms with E-state index in [1.807, 2.05) is 19.1 Å². The lowest BCUT2D eigenvalue weighted by atomic mass is 9.74. The molecular weight excluding hydrogens is 352 g/mol. The number of aromatic nitrogens is 2. The summed E-state index contributed by atoms with van der Waals surface area (Å²) in [6.07, 6.45) is 6.54. The Morgan fingerprint density at radius 1 is 1.21 bits per heavy atom. The molecule has 4 aliphatic heterocycles. The molecule has 28 heavy (non-hydrogen) atoms. The number of piperidine rings is 3. The molecule has 0 aromatic carbocycles. The van der Waals surface area contributed by atoms with Gasteiger partial charge in [0.15, 0.2) is 5.76 Å². The van der Waals surface area contributed by atoms with Gasteiger partial charge in [0, 0.05) is 50.0 Å². The summed E-state index contributed by atoms with van der Waals surface area (Å²) in [5.41, 5.74) is 2.09. The molecule has 0 saturated carbocycles. The quantitative estimate of drug-likeness (QED) is 0.858. The third kappa shape index (κ3) is 3.73. The van der Waals surface area contributed by atoms with Gasteiger partial charge in [0.2, 0.25) is 0 Å². The smallest absolute Gasteiger partial charge is 0.152 e. The van der Waals surface area contributed by atoms with Gasteiger partial charge < -0.3 is 14.5 Å². The van der Waals surface area contributed by atoms with Crippen molar-refractivity contribution in [3.8, 4) is 11.5 Å². The van der Waals surface area contributed by atoms with Gasteiger partial charge in [0.05, 0.1) is 6.26 Å². The van der Waals surface area contributed by atoms with Crippen LogP contribution in [0.1, 0.15) is 43.1 Å². The highest BCUT2D eigenvalue weighted by molar-refractivity contribution is 5.52. The second-order valence-corrected chi connectivity index (χ2v) is 8.54. The molecule has 6 heteroatoms. The summed E-state index contributed by atoms with van der Waals surface area (Å²) in [6.45, 7) is 7.23. The van der Waals surface area contributed by atoms with Crippen molar-refractivity contribution >= 4 is 0 Å². The molecule has 0 spiro atoms. The Balaban J connectivity index is 1.27. The van der Waals surface area contributed by atoms with E-state index in [0.717, 1.165) is 56.4 Å². The second kappa shape index (κ2) is 7.93. The molecule has 4 fully saturated rings. The summed E-state index contributed by atoms with van der Waals surface area (Å²) in [7, 11) is 0. The van der Waals surface area contributed by atoms with Gasteiger partial charge in [-0.2, -0.15) is 0 Å². The average molecular weight is 383 g/mol. The maximum Gasteiger partial charge on any atom is 0.152 e. The lowest BCUT2D eigenvalue weighted by molar-refractivity contribution is 0.0235. The highest BCUT2D eigenvalue weighted by atomic mass is 16.5. The lowest BCUT2D eigenvalue weighted by Gasteiger charge is -2.50. The van der Waals surface area contributed by atoms with E-state index >= 15 is 0 Å². The summed E-state index contributed by atoms with van der Waals surface area (Å²) in [4.78, 5) is 12.1. The largest absolute Gasteiger partial charge is 0.463 e. The van der Waals surface area contributed by atoms with E-state index < -0.39 is 0 Å². The van der Waals surface area contributed by atoms with Gasteiger partial charge >= 0.3 is 0 Å². The third-order valence-electron chi connectivity index (χ3n) is 6.75. The number of hydrogen-bond donors (Lipinski definition) is 1. The second-order valence-electron chi connectivity index (χ2n) is 8.54. The summed E-state index contributed by atoms with van der Waals surface area (Å²) in [5.74, 6) is 2.87. The molecule has 4 aliphatic rings. The fraction of sp³-hybridized carbons (Fsp3) is 0.636. The van der Waals surface area contributed by atoms with Crippen LogP contribution in [-0.4, -0.2) is 59.8 Å². The van der Waals surface area contributed by atoms with E-state index in [2.05, 4.69) is 21.3 Å². The van der Waals surface area contributed by atoms with Crippen LogP contribution in [0.25, 0.3) is 11.5 Å². The van der Waals surface area contributed by atoms with Crippen molar-refractivity contribution in [2.24, 2.45) is 5.92 Å². The van der Waals surface area contributed by atoms with Crippen molar-refractivity contribution in [2.45, 2.75) is 50.6 Å². The van der Waals surface area contributed by atoms with Crippen molar-refractivity contribution < 1.29 is 9.15 Å². The van der Waals surface area contributed by atoms with Gasteiger partial charge in [-0.15, -0.1) is 0 Å². The van der Waals surface area contributed by atoms with Gasteiger partial charge in [-0.25, -0.2) is 9.97 Å². The molecule has 150 valence electrons. The topological polar surface area (TPSA) is 63.4 Å². The zero-order valence-electron chi connectivity index (χ0n) is 16.6. The van der Waals surface area contributed by atoms with E-state index in [1.165, 1.54) is 25.1 Å². The number of fused-ring (bicyclic) bond motifs is 3. The lowest BCUT2D eigenvalue weighted by Crippen LogP contribution is -2.56. The van der Waals surface area contributed by atoms with Gasteiger partial charge in [0.25, 0.3) is 0 Å². The number of hydrogen-bond acceptors (Lipinski definition) is 6. The van der Waals surface area contributed by atoms with Gasteiger partial charge in [-0.05, 0) is 63.3 Å².